The van der Waals surface area contributed by atoms with Crippen molar-refractivity contribution in [1.82, 2.24) is 10.2 Å². The Morgan fingerprint density at radius 2 is 2.15 bits per heavy atom. The molecule has 6 heteroatoms. The molecular formula is C14H22N4O2. The zero-order valence-corrected chi connectivity index (χ0v) is 12.3. The van der Waals surface area contributed by atoms with E-state index in [1.807, 2.05) is 11.9 Å². The van der Waals surface area contributed by atoms with Crippen LogP contribution in [0.1, 0.15) is 25.3 Å². The molecule has 0 aromatic heterocycles. The third-order valence-corrected chi connectivity index (χ3v) is 3.05. The number of rotatable bonds is 6. The molecule has 0 saturated carbocycles. The summed E-state index contributed by atoms with van der Waals surface area (Å²) in [6, 6.07) is 6.74. The van der Waals surface area contributed by atoms with Crippen molar-refractivity contribution >= 4 is 11.6 Å². The van der Waals surface area contributed by atoms with Gasteiger partial charge in [-0.05, 0) is 6.42 Å². The highest BCUT2D eigenvalue weighted by Gasteiger charge is 2.13. The molecule has 6 nitrogen and oxygen atoms in total. The minimum atomic E-state index is -0.361. The zero-order chi connectivity index (χ0) is 15.0. The molecule has 0 aliphatic carbocycles. The predicted molar refractivity (Wildman–Crippen MR) is 80.8 cm³/mol. The largest absolute Gasteiger partial charge is 0.352 e. The second-order valence-electron chi connectivity index (χ2n) is 4.56. The Morgan fingerprint density at radius 3 is 2.75 bits per heavy atom. The number of benzene rings is 1. The summed E-state index contributed by atoms with van der Waals surface area (Å²) in [6.07, 6.45) is 2.20. The van der Waals surface area contributed by atoms with Gasteiger partial charge in [-0.25, -0.2) is 0 Å². The van der Waals surface area contributed by atoms with E-state index in [0.717, 1.165) is 25.3 Å². The molecule has 1 rings (SSSR count). The van der Waals surface area contributed by atoms with Crippen LogP contribution in [0.25, 0.3) is 0 Å². The lowest BCUT2D eigenvalue weighted by Crippen LogP contribution is -2.39. The monoisotopic (exact) mass is 278 g/mol. The number of guanidine groups is 1. The van der Waals surface area contributed by atoms with Crippen LogP contribution in [0.5, 0.6) is 0 Å². The number of unbranched alkanes of at least 4 members (excludes halogenated alkanes) is 1. The Balaban J connectivity index is 2.68. The molecule has 0 heterocycles. The van der Waals surface area contributed by atoms with Crippen LogP contribution in [-0.2, 0) is 6.54 Å². The summed E-state index contributed by atoms with van der Waals surface area (Å²) in [7, 11) is 3.68. The van der Waals surface area contributed by atoms with E-state index in [1.165, 1.54) is 6.07 Å². The lowest BCUT2D eigenvalue weighted by Gasteiger charge is -2.21. The first-order valence-electron chi connectivity index (χ1n) is 6.74. The molecule has 0 spiro atoms. The molecule has 0 radical (unpaired) electrons. The van der Waals surface area contributed by atoms with E-state index < -0.39 is 0 Å². The van der Waals surface area contributed by atoms with Crippen molar-refractivity contribution in [1.29, 1.82) is 0 Å². The van der Waals surface area contributed by atoms with Crippen molar-refractivity contribution in [2.45, 2.75) is 26.3 Å². The maximum absolute atomic E-state index is 10.9. The zero-order valence-electron chi connectivity index (χ0n) is 12.3. The number of hydrogen-bond acceptors (Lipinski definition) is 3. The molecule has 0 aliphatic heterocycles. The second kappa shape index (κ2) is 8.14. The molecule has 0 saturated heterocycles. The fourth-order valence-electron chi connectivity index (χ4n) is 1.90. The quantitative estimate of drug-likeness (QED) is 0.375. The van der Waals surface area contributed by atoms with Gasteiger partial charge in [0.1, 0.15) is 0 Å². The third-order valence-electron chi connectivity index (χ3n) is 3.05. The fourth-order valence-corrected chi connectivity index (χ4v) is 1.90. The molecule has 0 atom stereocenters. The Kier molecular flexibility index (Phi) is 6.49. The maximum atomic E-state index is 10.9. The van der Waals surface area contributed by atoms with Crippen LogP contribution < -0.4 is 5.32 Å². The van der Waals surface area contributed by atoms with Crippen molar-refractivity contribution in [2.24, 2.45) is 4.99 Å². The minimum absolute atomic E-state index is 0.131. The van der Waals surface area contributed by atoms with Crippen LogP contribution in [0.2, 0.25) is 0 Å². The molecule has 1 N–H and O–H groups in total. The summed E-state index contributed by atoms with van der Waals surface area (Å²) < 4.78 is 0. The van der Waals surface area contributed by atoms with E-state index in [1.54, 1.807) is 25.2 Å². The van der Waals surface area contributed by atoms with Gasteiger partial charge in [0.25, 0.3) is 5.69 Å². The van der Waals surface area contributed by atoms with Crippen molar-refractivity contribution in [3.8, 4) is 0 Å². The Bertz CT molecular complexity index is 474. The number of nitrogens with zero attached hydrogens (tertiary/aromatic N) is 3. The highest BCUT2D eigenvalue weighted by atomic mass is 16.6. The maximum Gasteiger partial charge on any atom is 0.274 e. The molecule has 0 amide bonds. The Morgan fingerprint density at radius 1 is 1.45 bits per heavy atom. The van der Waals surface area contributed by atoms with Gasteiger partial charge in [-0.3, -0.25) is 15.1 Å². The molecule has 0 fully saturated rings. The lowest BCUT2D eigenvalue weighted by atomic mass is 10.2. The number of hydrogen-bond donors (Lipinski definition) is 1. The van der Waals surface area contributed by atoms with Crippen molar-refractivity contribution in [2.75, 3.05) is 20.6 Å². The number of para-hydroxylation sites is 1. The predicted octanol–water partition coefficient (Wildman–Crippen LogP) is 2.40. The Hall–Kier alpha value is -2.11. The standard InChI is InChI=1S/C14H22N4O2/c1-4-5-10-17(3)14(15-2)16-11-12-8-6-7-9-13(12)18(19)20/h6-9H,4-5,10-11H2,1-3H3,(H,15,16). The topological polar surface area (TPSA) is 70.8 Å². The average Bonchev–Trinajstić information content (AvgIpc) is 2.45. The van der Waals surface area contributed by atoms with Gasteiger partial charge in [0.15, 0.2) is 5.96 Å². The number of aliphatic imine (C=N–C) groups is 1. The Labute approximate surface area is 119 Å². The van der Waals surface area contributed by atoms with E-state index >= 15 is 0 Å². The molecular weight excluding hydrogens is 256 g/mol. The lowest BCUT2D eigenvalue weighted by molar-refractivity contribution is -0.385. The first-order valence-corrected chi connectivity index (χ1v) is 6.74. The summed E-state index contributed by atoms with van der Waals surface area (Å²) >= 11 is 0. The number of nitro benzene ring substituents is 1. The van der Waals surface area contributed by atoms with Gasteiger partial charge >= 0.3 is 0 Å². The van der Waals surface area contributed by atoms with Gasteiger partial charge in [-0.15, -0.1) is 0 Å². The van der Waals surface area contributed by atoms with Crippen LogP contribution in [-0.4, -0.2) is 36.4 Å². The smallest absolute Gasteiger partial charge is 0.274 e. The van der Waals surface area contributed by atoms with E-state index in [2.05, 4.69) is 17.2 Å². The first-order chi connectivity index (χ1) is 9.60. The number of nitrogens with one attached hydrogen (secondary N) is 1. The van der Waals surface area contributed by atoms with Crippen LogP contribution in [0.15, 0.2) is 29.3 Å². The van der Waals surface area contributed by atoms with Gasteiger partial charge in [-0.2, -0.15) is 0 Å². The minimum Gasteiger partial charge on any atom is -0.352 e. The van der Waals surface area contributed by atoms with Gasteiger partial charge < -0.3 is 10.2 Å². The highest BCUT2D eigenvalue weighted by molar-refractivity contribution is 5.79. The molecule has 1 aromatic carbocycles. The number of nitro groups is 1. The van der Waals surface area contributed by atoms with E-state index in [9.17, 15) is 10.1 Å². The van der Waals surface area contributed by atoms with E-state index in [4.69, 9.17) is 0 Å². The van der Waals surface area contributed by atoms with Gasteiger partial charge in [0.2, 0.25) is 0 Å². The second-order valence-corrected chi connectivity index (χ2v) is 4.56. The van der Waals surface area contributed by atoms with E-state index in [-0.39, 0.29) is 10.6 Å². The normalized spacial score (nSPS) is 11.2. The molecule has 0 aliphatic rings. The summed E-state index contributed by atoms with van der Waals surface area (Å²) in [5.41, 5.74) is 0.786. The molecule has 0 unspecified atom stereocenters. The fraction of sp³-hybridized carbons (Fsp3) is 0.500. The third kappa shape index (κ3) is 4.53. The van der Waals surface area contributed by atoms with E-state index in [0.29, 0.717) is 12.1 Å². The van der Waals surface area contributed by atoms with Crippen molar-refractivity contribution < 1.29 is 4.92 Å². The average molecular weight is 278 g/mol. The van der Waals surface area contributed by atoms with Crippen molar-refractivity contribution in [3.63, 3.8) is 0 Å². The summed E-state index contributed by atoms with van der Waals surface area (Å²) in [6.45, 7) is 3.44. The van der Waals surface area contributed by atoms with Gasteiger partial charge in [-0.1, -0.05) is 31.5 Å². The molecule has 1 aromatic rings. The summed E-state index contributed by atoms with van der Waals surface area (Å²) in [4.78, 5) is 16.8. The van der Waals surface area contributed by atoms with Gasteiger partial charge in [0, 0.05) is 38.8 Å². The molecule has 20 heavy (non-hydrogen) atoms. The van der Waals surface area contributed by atoms with Gasteiger partial charge in [0.05, 0.1) is 4.92 Å². The highest BCUT2D eigenvalue weighted by Crippen LogP contribution is 2.17. The van der Waals surface area contributed by atoms with Crippen LogP contribution in [0, 0.1) is 10.1 Å². The SMILES string of the molecule is CCCCN(C)C(=NC)NCc1ccccc1[N+](=O)[O-]. The summed E-state index contributed by atoms with van der Waals surface area (Å²) in [5.74, 6) is 0.747. The summed E-state index contributed by atoms with van der Waals surface area (Å²) in [5, 5.41) is 14.1. The molecule has 0 bridgehead atoms. The van der Waals surface area contributed by atoms with Crippen LogP contribution in [0.3, 0.4) is 0 Å². The molecule has 110 valence electrons. The van der Waals surface area contributed by atoms with Crippen LogP contribution in [0.4, 0.5) is 5.69 Å². The first kappa shape index (κ1) is 15.9. The van der Waals surface area contributed by atoms with Crippen LogP contribution >= 0.6 is 0 Å². The van der Waals surface area contributed by atoms with Crippen molar-refractivity contribution in [3.05, 3.63) is 39.9 Å².